The van der Waals surface area contributed by atoms with Crippen molar-refractivity contribution in [3.8, 4) is 11.3 Å². The van der Waals surface area contributed by atoms with E-state index in [2.05, 4.69) is 15.2 Å². The third kappa shape index (κ3) is 4.83. The molecule has 0 bridgehead atoms. The molecule has 0 saturated carbocycles. The van der Waals surface area contributed by atoms with Gasteiger partial charge in [-0.3, -0.25) is 4.79 Å². The first-order chi connectivity index (χ1) is 13.0. The lowest BCUT2D eigenvalue weighted by molar-refractivity contribution is -0.111. The molecule has 0 unspecified atom stereocenters. The molecule has 0 fully saturated rings. The highest BCUT2D eigenvalue weighted by Gasteiger charge is 2.14. The molecule has 136 valence electrons. The number of rotatable bonds is 5. The zero-order chi connectivity index (χ0) is 19.2. The number of anilines is 1. The molecule has 0 atom stereocenters. The molecule has 0 spiro atoms. The van der Waals surface area contributed by atoms with Gasteiger partial charge in [0.15, 0.2) is 11.5 Å². The van der Waals surface area contributed by atoms with E-state index in [1.54, 1.807) is 42.5 Å². The Morgan fingerprint density at radius 3 is 2.67 bits per heavy atom. The number of carbonyl (C=O) groups excluding carboxylic acids is 2. The smallest absolute Gasteiger partial charge is 0.360 e. The molecule has 0 saturated heterocycles. The standard InChI is InChI=1S/C20H15ClN2O4/c1-26-20(25)17-12-18(27-23-17)14-3-2-4-16(11-14)22-19(24)10-7-13-5-8-15(21)9-6-13/h2-12H,1H3,(H,22,24)/b10-7+. The molecule has 0 aliphatic carbocycles. The van der Waals surface area contributed by atoms with E-state index in [1.165, 1.54) is 19.3 Å². The van der Waals surface area contributed by atoms with E-state index in [0.717, 1.165) is 5.56 Å². The Labute approximate surface area is 160 Å². The second kappa shape index (κ2) is 8.33. The summed E-state index contributed by atoms with van der Waals surface area (Å²) in [6.45, 7) is 0. The van der Waals surface area contributed by atoms with Crippen LogP contribution < -0.4 is 5.32 Å². The molecule has 1 amide bonds. The summed E-state index contributed by atoms with van der Waals surface area (Å²) in [6.07, 6.45) is 3.12. The lowest BCUT2D eigenvalue weighted by Crippen LogP contribution is -2.07. The number of amides is 1. The number of aromatic nitrogens is 1. The summed E-state index contributed by atoms with van der Waals surface area (Å²) in [7, 11) is 1.27. The van der Waals surface area contributed by atoms with Crippen LogP contribution in [0.3, 0.4) is 0 Å². The third-order valence-corrected chi connectivity index (χ3v) is 3.87. The molecule has 1 heterocycles. The Balaban J connectivity index is 1.70. The number of esters is 1. The molecule has 6 nitrogen and oxygen atoms in total. The number of carbonyl (C=O) groups is 2. The van der Waals surface area contributed by atoms with Gasteiger partial charge in [0.25, 0.3) is 0 Å². The van der Waals surface area contributed by atoms with Crippen LogP contribution in [0.2, 0.25) is 5.02 Å². The van der Waals surface area contributed by atoms with Gasteiger partial charge in [-0.2, -0.15) is 0 Å². The van der Waals surface area contributed by atoms with Gasteiger partial charge in [0.05, 0.1) is 7.11 Å². The van der Waals surface area contributed by atoms with Crippen LogP contribution in [0, 0.1) is 0 Å². The Kier molecular flexibility index (Phi) is 5.68. The fraction of sp³-hybridized carbons (Fsp3) is 0.0500. The summed E-state index contributed by atoms with van der Waals surface area (Å²) in [6, 6.07) is 15.6. The van der Waals surface area contributed by atoms with E-state index in [-0.39, 0.29) is 11.6 Å². The number of benzene rings is 2. The maximum absolute atomic E-state index is 12.1. The summed E-state index contributed by atoms with van der Waals surface area (Å²) < 4.78 is 9.76. The van der Waals surface area contributed by atoms with Crippen LogP contribution in [0.5, 0.6) is 0 Å². The average molecular weight is 383 g/mol. The van der Waals surface area contributed by atoms with Crippen LogP contribution in [0.15, 0.2) is 65.2 Å². The minimum Gasteiger partial charge on any atom is -0.464 e. The highest BCUT2D eigenvalue weighted by Crippen LogP contribution is 2.24. The van der Waals surface area contributed by atoms with Crippen LogP contribution in [-0.2, 0) is 9.53 Å². The normalized spacial score (nSPS) is 10.7. The minimum atomic E-state index is -0.582. The predicted octanol–water partition coefficient (Wildman–Crippen LogP) is 4.43. The molecule has 7 heteroatoms. The van der Waals surface area contributed by atoms with Crippen molar-refractivity contribution in [1.82, 2.24) is 5.16 Å². The molecule has 0 aliphatic heterocycles. The van der Waals surface area contributed by atoms with Gasteiger partial charge in [-0.25, -0.2) is 4.79 Å². The quantitative estimate of drug-likeness (QED) is 0.521. The zero-order valence-electron chi connectivity index (χ0n) is 14.3. The molecule has 27 heavy (non-hydrogen) atoms. The molecule has 0 radical (unpaired) electrons. The monoisotopic (exact) mass is 382 g/mol. The number of hydrogen-bond donors (Lipinski definition) is 1. The Hall–Kier alpha value is -3.38. The largest absolute Gasteiger partial charge is 0.464 e. The van der Waals surface area contributed by atoms with Crippen LogP contribution >= 0.6 is 11.6 Å². The number of ether oxygens (including phenoxy) is 1. The van der Waals surface area contributed by atoms with Crippen molar-refractivity contribution >= 4 is 35.2 Å². The van der Waals surface area contributed by atoms with Crippen LogP contribution in [0.4, 0.5) is 5.69 Å². The predicted molar refractivity (Wildman–Crippen MR) is 102 cm³/mol. The number of halogens is 1. The first-order valence-electron chi connectivity index (χ1n) is 7.95. The molecule has 3 aromatic rings. The lowest BCUT2D eigenvalue weighted by Gasteiger charge is -2.04. The van der Waals surface area contributed by atoms with Gasteiger partial charge in [0, 0.05) is 28.4 Å². The average Bonchev–Trinajstić information content (AvgIpc) is 3.17. The van der Waals surface area contributed by atoms with E-state index in [0.29, 0.717) is 22.0 Å². The van der Waals surface area contributed by atoms with Gasteiger partial charge in [0.1, 0.15) is 0 Å². The molecule has 2 aromatic carbocycles. The van der Waals surface area contributed by atoms with Gasteiger partial charge in [-0.15, -0.1) is 0 Å². The Morgan fingerprint density at radius 1 is 1.15 bits per heavy atom. The summed E-state index contributed by atoms with van der Waals surface area (Å²) in [5.74, 6) is -0.472. The fourth-order valence-electron chi connectivity index (χ4n) is 2.29. The highest BCUT2D eigenvalue weighted by atomic mass is 35.5. The maximum Gasteiger partial charge on any atom is 0.360 e. The van der Waals surface area contributed by atoms with Crippen LogP contribution in [0.25, 0.3) is 17.4 Å². The highest BCUT2D eigenvalue weighted by molar-refractivity contribution is 6.30. The molecular formula is C20H15ClN2O4. The van der Waals surface area contributed by atoms with E-state index < -0.39 is 5.97 Å². The topological polar surface area (TPSA) is 81.4 Å². The Morgan fingerprint density at radius 2 is 1.93 bits per heavy atom. The van der Waals surface area contributed by atoms with Crippen molar-refractivity contribution in [3.63, 3.8) is 0 Å². The number of nitrogens with one attached hydrogen (secondary N) is 1. The second-order valence-electron chi connectivity index (χ2n) is 5.52. The van der Waals surface area contributed by atoms with E-state index in [4.69, 9.17) is 16.1 Å². The van der Waals surface area contributed by atoms with Gasteiger partial charge >= 0.3 is 5.97 Å². The summed E-state index contributed by atoms with van der Waals surface area (Å²) in [4.78, 5) is 23.6. The fourth-order valence-corrected chi connectivity index (χ4v) is 2.42. The third-order valence-electron chi connectivity index (χ3n) is 3.62. The zero-order valence-corrected chi connectivity index (χ0v) is 15.1. The SMILES string of the molecule is COC(=O)c1cc(-c2cccc(NC(=O)/C=C/c3ccc(Cl)cc3)c2)on1. The number of nitrogens with zero attached hydrogens (tertiary/aromatic N) is 1. The second-order valence-corrected chi connectivity index (χ2v) is 5.96. The van der Waals surface area contributed by atoms with Crippen LogP contribution in [-0.4, -0.2) is 24.1 Å². The van der Waals surface area contributed by atoms with Gasteiger partial charge in [-0.05, 0) is 35.9 Å². The van der Waals surface area contributed by atoms with E-state index >= 15 is 0 Å². The van der Waals surface area contributed by atoms with E-state index in [9.17, 15) is 9.59 Å². The van der Waals surface area contributed by atoms with Gasteiger partial charge in [-0.1, -0.05) is 41.0 Å². The van der Waals surface area contributed by atoms with Crippen molar-refractivity contribution in [2.45, 2.75) is 0 Å². The van der Waals surface area contributed by atoms with Gasteiger partial charge < -0.3 is 14.6 Å². The maximum atomic E-state index is 12.1. The first-order valence-corrected chi connectivity index (χ1v) is 8.33. The van der Waals surface area contributed by atoms with Crippen molar-refractivity contribution in [3.05, 3.63) is 77.0 Å². The first kappa shape index (κ1) is 18.4. The van der Waals surface area contributed by atoms with Crippen molar-refractivity contribution in [1.29, 1.82) is 0 Å². The number of hydrogen-bond acceptors (Lipinski definition) is 5. The van der Waals surface area contributed by atoms with Crippen molar-refractivity contribution in [2.75, 3.05) is 12.4 Å². The lowest BCUT2D eigenvalue weighted by atomic mass is 10.1. The van der Waals surface area contributed by atoms with Crippen molar-refractivity contribution in [2.24, 2.45) is 0 Å². The number of methoxy groups -OCH3 is 1. The molecule has 1 aromatic heterocycles. The minimum absolute atomic E-state index is 0.0767. The van der Waals surface area contributed by atoms with E-state index in [1.807, 2.05) is 12.1 Å². The molecule has 1 N–H and O–H groups in total. The van der Waals surface area contributed by atoms with Crippen molar-refractivity contribution < 1.29 is 18.8 Å². The summed E-state index contributed by atoms with van der Waals surface area (Å²) in [5, 5.41) is 7.07. The van der Waals surface area contributed by atoms with Gasteiger partial charge in [0.2, 0.25) is 5.91 Å². The molecule has 0 aliphatic rings. The Bertz CT molecular complexity index is 993. The summed E-state index contributed by atoms with van der Waals surface area (Å²) >= 11 is 5.83. The molecular weight excluding hydrogens is 368 g/mol. The summed E-state index contributed by atoms with van der Waals surface area (Å²) in [5.41, 5.74) is 2.18. The molecule has 3 rings (SSSR count). The van der Waals surface area contributed by atoms with Crippen LogP contribution in [0.1, 0.15) is 16.1 Å².